The highest BCUT2D eigenvalue weighted by atomic mass is 16.5. The lowest BCUT2D eigenvalue weighted by Gasteiger charge is -2.10. The van der Waals surface area contributed by atoms with E-state index in [0.717, 1.165) is 6.54 Å². The summed E-state index contributed by atoms with van der Waals surface area (Å²) in [6, 6.07) is 0. The van der Waals surface area contributed by atoms with E-state index in [4.69, 9.17) is 4.74 Å². The number of hydrogen-bond donors (Lipinski definition) is 1. The Morgan fingerprint density at radius 1 is 1.55 bits per heavy atom. The van der Waals surface area contributed by atoms with E-state index >= 15 is 0 Å². The van der Waals surface area contributed by atoms with Gasteiger partial charge in [-0.15, -0.1) is 0 Å². The van der Waals surface area contributed by atoms with Crippen LogP contribution in [0.2, 0.25) is 0 Å². The molecule has 0 aliphatic rings. The van der Waals surface area contributed by atoms with E-state index in [9.17, 15) is 4.79 Å². The van der Waals surface area contributed by atoms with Crippen LogP contribution in [-0.2, 0) is 9.53 Å². The number of hydrogen-bond acceptors (Lipinski definition) is 3. The Morgan fingerprint density at radius 2 is 2.18 bits per heavy atom. The predicted octanol–water partition coefficient (Wildman–Crippen LogP) is -0.689. The summed E-state index contributed by atoms with van der Waals surface area (Å²) in [7, 11) is 5.11. The van der Waals surface area contributed by atoms with Crippen molar-refractivity contribution in [2.24, 2.45) is 0 Å². The summed E-state index contributed by atoms with van der Waals surface area (Å²) in [5, 5.41) is 2.95. The van der Waals surface area contributed by atoms with E-state index < -0.39 is 0 Å². The second kappa shape index (κ2) is 6.12. The molecule has 0 spiro atoms. The Bertz CT molecular complexity index is 115. The molecule has 0 aromatic carbocycles. The van der Waals surface area contributed by atoms with Gasteiger partial charge in [0.15, 0.2) is 0 Å². The van der Waals surface area contributed by atoms with Crippen LogP contribution >= 0.6 is 0 Å². The molecule has 0 aromatic rings. The van der Waals surface area contributed by atoms with Crippen LogP contribution in [0.25, 0.3) is 0 Å². The number of carbonyl (C=O) groups excluding carboxylic acids is 1. The first kappa shape index (κ1) is 10.4. The fourth-order valence-electron chi connectivity index (χ4n) is 0.528. The van der Waals surface area contributed by atoms with Gasteiger partial charge < -0.3 is 15.0 Å². The molecule has 0 radical (unpaired) electrons. The highest BCUT2D eigenvalue weighted by molar-refractivity contribution is 5.77. The molecule has 0 rings (SSSR count). The first-order valence-corrected chi connectivity index (χ1v) is 3.58. The normalized spacial score (nSPS) is 9.73. The van der Waals surface area contributed by atoms with Gasteiger partial charge >= 0.3 is 0 Å². The smallest absolute Gasteiger partial charge is 0.236 e. The summed E-state index contributed by atoms with van der Waals surface area (Å²) >= 11 is 0. The fraction of sp³-hybridized carbons (Fsp3) is 0.857. The van der Waals surface area contributed by atoms with Crippen LogP contribution in [0.15, 0.2) is 0 Å². The Balaban J connectivity index is 3.18. The molecular formula is C7H16N2O2. The molecule has 0 saturated heterocycles. The highest BCUT2D eigenvalue weighted by Gasteiger charge is 2.00. The molecule has 0 aliphatic carbocycles. The van der Waals surface area contributed by atoms with Gasteiger partial charge in [0.2, 0.25) is 5.91 Å². The standard InChI is InChI=1S/C7H16N2O2/c1-9(2)7(10)6-8-4-5-11-3/h8H,4-6H2,1-3H3. The van der Waals surface area contributed by atoms with E-state index in [1.807, 2.05) is 0 Å². The maximum atomic E-state index is 10.9. The molecule has 0 saturated carbocycles. The van der Waals surface area contributed by atoms with Crippen molar-refractivity contribution in [3.8, 4) is 0 Å². The van der Waals surface area contributed by atoms with Crippen LogP contribution < -0.4 is 5.32 Å². The minimum absolute atomic E-state index is 0.0844. The van der Waals surface area contributed by atoms with Crippen LogP contribution in [0, 0.1) is 0 Å². The van der Waals surface area contributed by atoms with E-state index in [2.05, 4.69) is 5.32 Å². The van der Waals surface area contributed by atoms with Crippen LogP contribution in [0.3, 0.4) is 0 Å². The highest BCUT2D eigenvalue weighted by Crippen LogP contribution is 1.74. The van der Waals surface area contributed by atoms with E-state index in [1.54, 1.807) is 26.1 Å². The van der Waals surface area contributed by atoms with E-state index in [-0.39, 0.29) is 5.91 Å². The molecule has 0 atom stereocenters. The minimum atomic E-state index is 0.0844. The fourth-order valence-corrected chi connectivity index (χ4v) is 0.528. The van der Waals surface area contributed by atoms with Crippen molar-refractivity contribution in [3.63, 3.8) is 0 Å². The van der Waals surface area contributed by atoms with Crippen molar-refractivity contribution in [3.05, 3.63) is 0 Å². The van der Waals surface area contributed by atoms with Crippen molar-refractivity contribution in [2.75, 3.05) is 40.9 Å². The second-order valence-electron chi connectivity index (χ2n) is 2.46. The van der Waals surface area contributed by atoms with Crippen LogP contribution in [0.1, 0.15) is 0 Å². The molecule has 66 valence electrons. The summed E-state index contributed by atoms with van der Waals surface area (Å²) in [4.78, 5) is 12.5. The summed E-state index contributed by atoms with van der Waals surface area (Å²) in [5.74, 6) is 0.0844. The van der Waals surface area contributed by atoms with Gasteiger partial charge in [-0.3, -0.25) is 4.79 Å². The maximum Gasteiger partial charge on any atom is 0.236 e. The Kier molecular flexibility index (Phi) is 5.78. The molecule has 0 unspecified atom stereocenters. The Labute approximate surface area is 67.5 Å². The van der Waals surface area contributed by atoms with Gasteiger partial charge in [0.05, 0.1) is 13.2 Å². The van der Waals surface area contributed by atoms with Crippen molar-refractivity contribution in [2.45, 2.75) is 0 Å². The molecule has 0 bridgehead atoms. The Hall–Kier alpha value is -0.610. The lowest BCUT2D eigenvalue weighted by atomic mass is 10.5. The zero-order chi connectivity index (χ0) is 8.69. The number of nitrogens with zero attached hydrogens (tertiary/aromatic N) is 1. The third kappa shape index (κ3) is 5.82. The number of amides is 1. The summed E-state index contributed by atoms with van der Waals surface area (Å²) < 4.78 is 4.80. The lowest BCUT2D eigenvalue weighted by Crippen LogP contribution is -2.34. The van der Waals surface area contributed by atoms with Gasteiger partial charge in [-0.1, -0.05) is 0 Å². The quantitative estimate of drug-likeness (QED) is 0.541. The molecule has 4 heteroatoms. The lowest BCUT2D eigenvalue weighted by molar-refractivity contribution is -0.127. The maximum absolute atomic E-state index is 10.9. The molecule has 0 fully saturated rings. The molecule has 11 heavy (non-hydrogen) atoms. The number of methoxy groups -OCH3 is 1. The molecule has 0 aromatic heterocycles. The number of nitrogens with one attached hydrogen (secondary N) is 1. The largest absolute Gasteiger partial charge is 0.383 e. The van der Waals surface area contributed by atoms with Crippen LogP contribution in [0.4, 0.5) is 0 Å². The average molecular weight is 160 g/mol. The minimum Gasteiger partial charge on any atom is -0.383 e. The first-order valence-electron chi connectivity index (χ1n) is 3.58. The number of rotatable bonds is 5. The third-order valence-corrected chi connectivity index (χ3v) is 1.26. The van der Waals surface area contributed by atoms with Gasteiger partial charge in [0.1, 0.15) is 0 Å². The topological polar surface area (TPSA) is 41.6 Å². The SMILES string of the molecule is COCCNCC(=O)N(C)C. The predicted molar refractivity (Wildman–Crippen MR) is 43.4 cm³/mol. The second-order valence-corrected chi connectivity index (χ2v) is 2.46. The number of likely N-dealkylation sites (N-methyl/N-ethyl adjacent to an activating group) is 1. The van der Waals surface area contributed by atoms with Crippen LogP contribution in [0.5, 0.6) is 0 Å². The molecule has 4 nitrogen and oxygen atoms in total. The summed E-state index contributed by atoms with van der Waals surface area (Å²) in [6.07, 6.45) is 0. The zero-order valence-corrected chi connectivity index (χ0v) is 7.39. The number of ether oxygens (including phenoxy) is 1. The first-order chi connectivity index (χ1) is 5.18. The molecule has 1 amide bonds. The summed E-state index contributed by atoms with van der Waals surface area (Å²) in [5.41, 5.74) is 0. The third-order valence-electron chi connectivity index (χ3n) is 1.26. The van der Waals surface area contributed by atoms with Crippen molar-refractivity contribution in [1.82, 2.24) is 10.2 Å². The van der Waals surface area contributed by atoms with Gasteiger partial charge in [-0.25, -0.2) is 0 Å². The van der Waals surface area contributed by atoms with Gasteiger partial charge in [-0.2, -0.15) is 0 Å². The van der Waals surface area contributed by atoms with Crippen LogP contribution in [-0.4, -0.2) is 51.7 Å². The van der Waals surface area contributed by atoms with Crippen molar-refractivity contribution >= 4 is 5.91 Å². The zero-order valence-electron chi connectivity index (χ0n) is 7.39. The van der Waals surface area contributed by atoms with E-state index in [0.29, 0.717) is 13.2 Å². The number of carbonyl (C=O) groups is 1. The molecule has 1 N–H and O–H groups in total. The monoisotopic (exact) mass is 160 g/mol. The van der Waals surface area contributed by atoms with Gasteiger partial charge in [-0.05, 0) is 0 Å². The van der Waals surface area contributed by atoms with E-state index in [1.165, 1.54) is 0 Å². The summed E-state index contributed by atoms with van der Waals surface area (Å²) in [6.45, 7) is 1.74. The average Bonchev–Trinajstić information content (AvgIpc) is 1.97. The van der Waals surface area contributed by atoms with Gasteiger partial charge in [0.25, 0.3) is 0 Å². The van der Waals surface area contributed by atoms with Crippen molar-refractivity contribution in [1.29, 1.82) is 0 Å². The van der Waals surface area contributed by atoms with Gasteiger partial charge in [0, 0.05) is 27.7 Å². The van der Waals surface area contributed by atoms with Crippen molar-refractivity contribution < 1.29 is 9.53 Å². The molecular weight excluding hydrogens is 144 g/mol. The molecule has 0 aliphatic heterocycles. The Morgan fingerprint density at radius 3 is 2.64 bits per heavy atom. The molecule has 0 heterocycles.